The van der Waals surface area contributed by atoms with Gasteiger partial charge in [0.25, 0.3) is 0 Å². The summed E-state index contributed by atoms with van der Waals surface area (Å²) in [5.74, 6) is 0.126. The van der Waals surface area contributed by atoms with Crippen molar-refractivity contribution in [3.63, 3.8) is 0 Å². The second-order valence-corrected chi connectivity index (χ2v) is 9.22. The fourth-order valence-electron chi connectivity index (χ4n) is 2.93. The van der Waals surface area contributed by atoms with Gasteiger partial charge in [0.2, 0.25) is 0 Å². The summed E-state index contributed by atoms with van der Waals surface area (Å²) >= 11 is 9.12. The first kappa shape index (κ1) is 20.8. The van der Waals surface area contributed by atoms with E-state index in [-0.39, 0.29) is 17.9 Å². The van der Waals surface area contributed by atoms with Crippen molar-refractivity contribution in [3.8, 4) is 5.75 Å². The highest BCUT2D eigenvalue weighted by Gasteiger charge is 2.34. The van der Waals surface area contributed by atoms with E-state index in [4.69, 9.17) is 9.15 Å². The molecule has 0 aliphatic rings. The van der Waals surface area contributed by atoms with Crippen LogP contribution >= 0.6 is 25.3 Å². The summed E-state index contributed by atoms with van der Waals surface area (Å²) in [6, 6.07) is 3.46. The molecule has 0 radical (unpaired) electrons. The SMILES string of the molecule is CC(C)(C)c1c(O)c(C(C)(C)C)c(S)c(C(=O)OCc2ccco2)c1S. The van der Waals surface area contributed by atoms with Crippen LogP contribution in [0.15, 0.2) is 32.6 Å². The summed E-state index contributed by atoms with van der Waals surface area (Å²) in [6.45, 7) is 11.8. The number of phenolic OH excluding ortho intramolecular Hbond substituents is 1. The normalized spacial score (nSPS) is 12.3. The van der Waals surface area contributed by atoms with Crippen molar-refractivity contribution in [2.75, 3.05) is 0 Å². The highest BCUT2D eigenvalue weighted by Crippen LogP contribution is 2.47. The number of carbonyl (C=O) groups is 1. The first-order valence-corrected chi connectivity index (χ1v) is 9.26. The van der Waals surface area contributed by atoms with Crippen molar-refractivity contribution < 1.29 is 19.1 Å². The van der Waals surface area contributed by atoms with Gasteiger partial charge in [0.05, 0.1) is 11.8 Å². The first-order valence-electron chi connectivity index (χ1n) is 8.37. The van der Waals surface area contributed by atoms with Crippen LogP contribution < -0.4 is 0 Å². The van der Waals surface area contributed by atoms with Gasteiger partial charge in [-0.05, 0) is 23.0 Å². The van der Waals surface area contributed by atoms with E-state index in [0.29, 0.717) is 26.7 Å². The zero-order valence-corrected chi connectivity index (χ0v) is 17.8. The molecule has 4 nitrogen and oxygen atoms in total. The van der Waals surface area contributed by atoms with Crippen molar-refractivity contribution in [1.82, 2.24) is 0 Å². The minimum atomic E-state index is -0.549. The Balaban J connectivity index is 2.62. The molecule has 2 aromatic rings. The van der Waals surface area contributed by atoms with Crippen LogP contribution in [0, 0.1) is 0 Å². The quantitative estimate of drug-likeness (QED) is 0.474. The van der Waals surface area contributed by atoms with Gasteiger partial charge in [-0.15, -0.1) is 25.3 Å². The molecule has 0 saturated carbocycles. The maximum absolute atomic E-state index is 12.8. The lowest BCUT2D eigenvalue weighted by Gasteiger charge is -2.31. The van der Waals surface area contributed by atoms with Crippen LogP contribution in [0.2, 0.25) is 0 Å². The molecule has 26 heavy (non-hydrogen) atoms. The van der Waals surface area contributed by atoms with Crippen LogP contribution in [-0.4, -0.2) is 11.1 Å². The number of thiol groups is 2. The molecule has 0 aliphatic heterocycles. The first-order chi connectivity index (χ1) is 11.9. The fraction of sp³-hybridized carbons (Fsp3) is 0.450. The lowest BCUT2D eigenvalue weighted by Crippen LogP contribution is -2.22. The molecule has 0 fully saturated rings. The lowest BCUT2D eigenvalue weighted by atomic mass is 9.78. The predicted molar refractivity (Wildman–Crippen MR) is 108 cm³/mol. The van der Waals surface area contributed by atoms with Gasteiger partial charge < -0.3 is 14.3 Å². The summed E-state index contributed by atoms with van der Waals surface area (Å²) in [5, 5.41) is 10.9. The number of esters is 1. The minimum absolute atomic E-state index is 0.0167. The van der Waals surface area contributed by atoms with Gasteiger partial charge in [0.15, 0.2) is 0 Å². The summed E-state index contributed by atoms with van der Waals surface area (Å²) in [4.78, 5) is 13.6. The van der Waals surface area contributed by atoms with Crippen LogP contribution in [0.25, 0.3) is 0 Å². The zero-order chi connectivity index (χ0) is 19.9. The lowest BCUT2D eigenvalue weighted by molar-refractivity contribution is 0.0436. The molecule has 1 aromatic heterocycles. The van der Waals surface area contributed by atoms with Crippen LogP contribution in [0.4, 0.5) is 0 Å². The van der Waals surface area contributed by atoms with E-state index in [1.54, 1.807) is 12.1 Å². The Morgan fingerprint density at radius 3 is 1.96 bits per heavy atom. The van der Waals surface area contributed by atoms with E-state index >= 15 is 0 Å². The van der Waals surface area contributed by atoms with Crippen molar-refractivity contribution in [2.45, 2.75) is 68.8 Å². The van der Waals surface area contributed by atoms with Gasteiger partial charge in [0.1, 0.15) is 18.1 Å². The van der Waals surface area contributed by atoms with E-state index in [9.17, 15) is 9.90 Å². The van der Waals surface area contributed by atoms with E-state index < -0.39 is 16.8 Å². The molecule has 142 valence electrons. The molecule has 1 heterocycles. The number of aromatic hydroxyl groups is 1. The summed E-state index contributed by atoms with van der Waals surface area (Å²) < 4.78 is 10.6. The van der Waals surface area contributed by atoms with Crippen LogP contribution in [-0.2, 0) is 22.2 Å². The van der Waals surface area contributed by atoms with E-state index in [1.807, 2.05) is 41.5 Å². The number of carbonyl (C=O) groups excluding carboxylic acids is 1. The Morgan fingerprint density at radius 1 is 1.08 bits per heavy atom. The number of hydrogen-bond donors (Lipinski definition) is 3. The third kappa shape index (κ3) is 4.07. The molecule has 0 amide bonds. The Bertz CT molecular complexity index is 769. The van der Waals surface area contributed by atoms with Crippen LogP contribution in [0.5, 0.6) is 5.75 Å². The molecule has 0 unspecified atom stereocenters. The van der Waals surface area contributed by atoms with Crippen molar-refractivity contribution >= 4 is 31.2 Å². The van der Waals surface area contributed by atoms with Crippen LogP contribution in [0.3, 0.4) is 0 Å². The predicted octanol–water partition coefficient (Wildman–Crippen LogP) is 5.51. The molecular weight excluding hydrogens is 368 g/mol. The number of furan rings is 1. The van der Waals surface area contributed by atoms with E-state index in [1.165, 1.54) is 6.26 Å². The Morgan fingerprint density at radius 2 is 1.58 bits per heavy atom. The second kappa shape index (κ2) is 7.24. The highest BCUT2D eigenvalue weighted by atomic mass is 32.1. The second-order valence-electron chi connectivity index (χ2n) is 8.33. The third-order valence-corrected chi connectivity index (χ3v) is 4.94. The summed E-state index contributed by atoms with van der Waals surface area (Å²) in [7, 11) is 0. The van der Waals surface area contributed by atoms with Gasteiger partial charge >= 0.3 is 5.97 Å². The maximum Gasteiger partial charge on any atom is 0.340 e. The molecule has 0 atom stereocenters. The average Bonchev–Trinajstić information content (AvgIpc) is 2.94. The van der Waals surface area contributed by atoms with E-state index in [2.05, 4.69) is 25.3 Å². The maximum atomic E-state index is 12.8. The smallest absolute Gasteiger partial charge is 0.340 e. The van der Waals surface area contributed by atoms with Gasteiger partial charge in [-0.1, -0.05) is 41.5 Å². The van der Waals surface area contributed by atoms with Crippen LogP contribution in [0.1, 0.15) is 68.8 Å². The number of rotatable bonds is 3. The van der Waals surface area contributed by atoms with Gasteiger partial charge in [-0.25, -0.2) is 4.79 Å². The Hall–Kier alpha value is -1.53. The molecule has 0 bridgehead atoms. The number of ether oxygens (including phenoxy) is 1. The third-order valence-electron chi connectivity index (χ3n) is 4.05. The van der Waals surface area contributed by atoms with Crippen molar-refractivity contribution in [3.05, 3.63) is 40.8 Å². The largest absolute Gasteiger partial charge is 0.507 e. The molecule has 0 saturated heterocycles. The molecular formula is C20H26O4S2. The molecule has 2 rings (SSSR count). The molecule has 1 aromatic carbocycles. The number of benzene rings is 1. The average molecular weight is 395 g/mol. The van der Waals surface area contributed by atoms with Gasteiger partial charge in [-0.2, -0.15) is 0 Å². The summed E-state index contributed by atoms with van der Waals surface area (Å²) in [6.07, 6.45) is 1.52. The van der Waals surface area contributed by atoms with Crippen molar-refractivity contribution in [1.29, 1.82) is 0 Å². The monoisotopic (exact) mass is 394 g/mol. The number of hydrogen-bond acceptors (Lipinski definition) is 6. The fourth-order valence-corrected chi connectivity index (χ4v) is 4.31. The minimum Gasteiger partial charge on any atom is -0.507 e. The molecule has 0 aliphatic carbocycles. The Kier molecular flexibility index (Phi) is 5.78. The molecule has 1 N–H and O–H groups in total. The zero-order valence-electron chi connectivity index (χ0n) is 16.0. The summed E-state index contributed by atoms with van der Waals surface area (Å²) in [5.41, 5.74) is 0.634. The highest BCUT2D eigenvalue weighted by molar-refractivity contribution is 7.81. The standard InChI is InChI=1S/C20H26O4S2/c1-19(2,3)13-15(21)14(20(4,5)6)17(26)12(16(13)25)18(22)24-10-11-8-7-9-23-11/h7-9,21,25-26H,10H2,1-6H3. The number of phenols is 1. The van der Waals surface area contributed by atoms with E-state index in [0.717, 1.165) is 0 Å². The van der Waals surface area contributed by atoms with Gasteiger partial charge in [0, 0.05) is 20.9 Å². The Labute approximate surface area is 165 Å². The molecule has 6 heteroatoms. The van der Waals surface area contributed by atoms with Gasteiger partial charge in [-0.3, -0.25) is 0 Å². The molecule has 0 spiro atoms. The van der Waals surface area contributed by atoms with Crippen molar-refractivity contribution in [2.24, 2.45) is 0 Å². The topological polar surface area (TPSA) is 59.7 Å².